The Bertz CT molecular complexity index is 626. The van der Waals surface area contributed by atoms with Gasteiger partial charge in [0.2, 0.25) is 0 Å². The van der Waals surface area contributed by atoms with Gasteiger partial charge in [0.15, 0.2) is 5.69 Å². The van der Waals surface area contributed by atoms with Gasteiger partial charge in [0.1, 0.15) is 5.01 Å². The van der Waals surface area contributed by atoms with Crippen LogP contribution < -0.4 is 5.32 Å². The first kappa shape index (κ1) is 16.9. The summed E-state index contributed by atoms with van der Waals surface area (Å²) in [6.07, 6.45) is -4.43. The van der Waals surface area contributed by atoms with E-state index < -0.39 is 11.9 Å². The molecule has 0 amide bonds. The van der Waals surface area contributed by atoms with Crippen LogP contribution in [0.4, 0.5) is 13.2 Å². The van der Waals surface area contributed by atoms with Crippen LogP contribution in [-0.4, -0.2) is 10.5 Å². The monoisotopic (exact) mass is 398 g/mol. The summed E-state index contributed by atoms with van der Waals surface area (Å²) in [5.41, 5.74) is -1.04. The lowest BCUT2D eigenvalue weighted by Gasteiger charge is -2.20. The van der Waals surface area contributed by atoms with Gasteiger partial charge in [-0.05, 0) is 48.8 Å². The van der Waals surface area contributed by atoms with Crippen molar-refractivity contribution in [1.29, 1.82) is 0 Å². The number of thiazole rings is 1. The summed E-state index contributed by atoms with van der Waals surface area (Å²) in [4.78, 5) is 4.76. The molecular weight excluding hydrogens is 385 g/mol. The van der Waals surface area contributed by atoms with Crippen molar-refractivity contribution in [3.05, 3.63) is 26.5 Å². The number of hydrogen-bond acceptors (Lipinski definition) is 4. The second-order valence-corrected chi connectivity index (χ2v) is 9.04. The minimum atomic E-state index is -4.43. The van der Waals surface area contributed by atoms with Gasteiger partial charge in [-0.3, -0.25) is 0 Å². The van der Waals surface area contributed by atoms with Gasteiger partial charge in [0.25, 0.3) is 0 Å². The van der Waals surface area contributed by atoms with Crippen LogP contribution in [0.3, 0.4) is 0 Å². The zero-order valence-electron chi connectivity index (χ0n) is 11.6. The Morgan fingerprint density at radius 3 is 2.33 bits per heavy atom. The molecule has 0 unspecified atom stereocenters. The summed E-state index contributed by atoms with van der Waals surface area (Å²) in [6, 6.07) is 3.58. The van der Waals surface area contributed by atoms with E-state index >= 15 is 0 Å². The number of nitrogens with one attached hydrogen (secondary N) is 1. The minimum Gasteiger partial charge on any atom is -0.307 e. The quantitative estimate of drug-likeness (QED) is 0.733. The fourth-order valence-electron chi connectivity index (χ4n) is 1.57. The Labute approximate surface area is 137 Å². The molecule has 8 heteroatoms. The van der Waals surface area contributed by atoms with E-state index in [1.807, 2.05) is 26.8 Å². The molecule has 0 atom stereocenters. The van der Waals surface area contributed by atoms with Crippen molar-refractivity contribution in [2.45, 2.75) is 39.0 Å². The Kier molecular flexibility index (Phi) is 4.82. The standard InChI is InChI=1S/C13H14BrF3N2S2/c1-12(2,3)18-6-8-10(13(15,16)17)19-11(21-8)7-4-5-9(14)20-7/h4-5,18H,6H2,1-3H3. The molecule has 21 heavy (non-hydrogen) atoms. The van der Waals surface area contributed by atoms with E-state index in [0.717, 1.165) is 20.0 Å². The van der Waals surface area contributed by atoms with E-state index in [1.54, 1.807) is 6.07 Å². The van der Waals surface area contributed by atoms with Crippen molar-refractivity contribution in [1.82, 2.24) is 10.3 Å². The largest absolute Gasteiger partial charge is 0.434 e. The predicted octanol–water partition coefficient (Wildman–Crippen LogP) is 5.54. The SMILES string of the molecule is CC(C)(C)NCc1sc(-c2ccc(Br)s2)nc1C(F)(F)F. The first-order chi connectivity index (χ1) is 9.56. The molecule has 0 radical (unpaired) electrons. The molecule has 2 aromatic rings. The van der Waals surface area contributed by atoms with Gasteiger partial charge in [0, 0.05) is 12.1 Å². The third kappa shape index (κ3) is 4.51. The first-order valence-corrected chi connectivity index (χ1v) is 8.56. The van der Waals surface area contributed by atoms with Crippen molar-refractivity contribution in [3.8, 4) is 9.88 Å². The van der Waals surface area contributed by atoms with Crippen molar-refractivity contribution >= 4 is 38.6 Å². The van der Waals surface area contributed by atoms with Gasteiger partial charge in [-0.1, -0.05) is 0 Å². The molecule has 2 nitrogen and oxygen atoms in total. The highest BCUT2D eigenvalue weighted by molar-refractivity contribution is 9.11. The van der Waals surface area contributed by atoms with Gasteiger partial charge in [-0.15, -0.1) is 22.7 Å². The van der Waals surface area contributed by atoms with Gasteiger partial charge in [-0.2, -0.15) is 13.2 Å². The number of halogens is 4. The Balaban J connectivity index is 2.36. The van der Waals surface area contributed by atoms with E-state index in [1.165, 1.54) is 11.3 Å². The fraction of sp³-hybridized carbons (Fsp3) is 0.462. The van der Waals surface area contributed by atoms with E-state index in [-0.39, 0.29) is 17.0 Å². The Morgan fingerprint density at radius 1 is 1.19 bits per heavy atom. The van der Waals surface area contributed by atoms with Crippen LogP contribution in [0.2, 0.25) is 0 Å². The Morgan fingerprint density at radius 2 is 1.86 bits per heavy atom. The molecule has 0 spiro atoms. The number of hydrogen-bond donors (Lipinski definition) is 1. The zero-order chi connectivity index (χ0) is 15.8. The predicted molar refractivity (Wildman–Crippen MR) is 84.7 cm³/mol. The smallest absolute Gasteiger partial charge is 0.307 e. The van der Waals surface area contributed by atoms with Gasteiger partial charge in [-0.25, -0.2) is 4.98 Å². The highest BCUT2D eigenvalue weighted by Gasteiger charge is 2.37. The normalized spacial score (nSPS) is 12.9. The summed E-state index contributed by atoms with van der Waals surface area (Å²) in [7, 11) is 0. The maximum Gasteiger partial charge on any atom is 0.434 e. The van der Waals surface area contributed by atoms with Crippen molar-refractivity contribution in [2.24, 2.45) is 0 Å². The molecular formula is C13H14BrF3N2S2. The van der Waals surface area contributed by atoms with Crippen LogP contribution in [0.5, 0.6) is 0 Å². The summed E-state index contributed by atoms with van der Waals surface area (Å²) in [6.45, 7) is 5.90. The first-order valence-electron chi connectivity index (χ1n) is 6.14. The van der Waals surface area contributed by atoms with Crippen LogP contribution in [0.15, 0.2) is 15.9 Å². The molecule has 0 aliphatic carbocycles. The molecule has 0 bridgehead atoms. The number of rotatable bonds is 3. The number of alkyl halides is 3. The molecule has 2 heterocycles. The summed E-state index contributed by atoms with van der Waals surface area (Å²) < 4.78 is 40.2. The fourth-order valence-corrected chi connectivity index (χ4v) is 4.03. The van der Waals surface area contributed by atoms with Crippen LogP contribution in [-0.2, 0) is 12.7 Å². The number of aromatic nitrogens is 1. The van der Waals surface area contributed by atoms with Crippen molar-refractivity contribution in [3.63, 3.8) is 0 Å². The van der Waals surface area contributed by atoms with E-state index in [9.17, 15) is 13.2 Å². The third-order valence-electron chi connectivity index (χ3n) is 2.53. The zero-order valence-corrected chi connectivity index (χ0v) is 14.9. The molecule has 0 saturated carbocycles. The lowest BCUT2D eigenvalue weighted by atomic mass is 10.1. The summed E-state index contributed by atoms with van der Waals surface area (Å²) in [5.74, 6) is 0. The average Bonchev–Trinajstić information content (AvgIpc) is 2.90. The molecule has 0 fully saturated rings. The minimum absolute atomic E-state index is 0.155. The van der Waals surface area contributed by atoms with Crippen LogP contribution in [0.25, 0.3) is 9.88 Å². The molecule has 0 aliphatic heterocycles. The average molecular weight is 399 g/mol. The molecule has 2 rings (SSSR count). The maximum atomic E-state index is 13.1. The van der Waals surface area contributed by atoms with Crippen LogP contribution in [0.1, 0.15) is 31.3 Å². The second kappa shape index (κ2) is 5.98. The molecule has 2 aromatic heterocycles. The molecule has 116 valence electrons. The molecule has 0 aliphatic rings. The summed E-state index contributed by atoms with van der Waals surface area (Å²) in [5, 5.41) is 3.49. The van der Waals surface area contributed by atoms with Gasteiger partial charge in [0.05, 0.1) is 13.5 Å². The van der Waals surface area contributed by atoms with E-state index in [4.69, 9.17) is 0 Å². The van der Waals surface area contributed by atoms with Gasteiger partial charge >= 0.3 is 6.18 Å². The lowest BCUT2D eigenvalue weighted by molar-refractivity contribution is -0.141. The van der Waals surface area contributed by atoms with Crippen molar-refractivity contribution in [2.75, 3.05) is 0 Å². The maximum absolute atomic E-state index is 13.1. The van der Waals surface area contributed by atoms with Crippen molar-refractivity contribution < 1.29 is 13.2 Å². The number of nitrogens with zero attached hydrogens (tertiary/aromatic N) is 1. The van der Waals surface area contributed by atoms with E-state index in [0.29, 0.717) is 5.01 Å². The molecule has 1 N–H and O–H groups in total. The van der Waals surface area contributed by atoms with Crippen LogP contribution >= 0.6 is 38.6 Å². The number of thiophene rings is 1. The highest BCUT2D eigenvalue weighted by atomic mass is 79.9. The second-order valence-electron chi connectivity index (χ2n) is 5.50. The Hall–Kier alpha value is -0.440. The van der Waals surface area contributed by atoms with Gasteiger partial charge < -0.3 is 5.32 Å². The highest BCUT2D eigenvalue weighted by Crippen LogP contribution is 2.40. The molecule has 0 saturated heterocycles. The van der Waals surface area contributed by atoms with E-state index in [2.05, 4.69) is 26.2 Å². The topological polar surface area (TPSA) is 24.9 Å². The third-order valence-corrected chi connectivity index (χ3v) is 5.38. The summed E-state index contributed by atoms with van der Waals surface area (Å²) >= 11 is 5.78. The molecule has 0 aromatic carbocycles. The van der Waals surface area contributed by atoms with Crippen LogP contribution in [0, 0.1) is 0 Å². The lowest BCUT2D eigenvalue weighted by Crippen LogP contribution is -2.35.